The number of anilines is 2. The Bertz CT molecular complexity index is 934. The van der Waals surface area contributed by atoms with E-state index in [0.29, 0.717) is 17.3 Å². The van der Waals surface area contributed by atoms with Crippen LogP contribution in [-0.4, -0.2) is 16.9 Å². The second-order valence-electron chi connectivity index (χ2n) is 7.41. The van der Waals surface area contributed by atoms with Crippen LogP contribution in [0.2, 0.25) is 0 Å². The Labute approximate surface area is 157 Å². The summed E-state index contributed by atoms with van der Waals surface area (Å²) >= 11 is 0. The van der Waals surface area contributed by atoms with Crippen molar-refractivity contribution in [2.75, 3.05) is 10.2 Å². The lowest BCUT2D eigenvalue weighted by atomic mass is 9.79. The Morgan fingerprint density at radius 2 is 2.15 bits per heavy atom. The molecule has 1 fully saturated rings. The highest BCUT2D eigenvalue weighted by Gasteiger charge is 2.47. The third-order valence-electron chi connectivity index (χ3n) is 5.62. The minimum atomic E-state index is -0.340. The molecule has 5 nitrogen and oxygen atoms in total. The molecule has 1 saturated carbocycles. The Morgan fingerprint density at radius 3 is 2.81 bits per heavy atom. The van der Waals surface area contributed by atoms with Crippen LogP contribution >= 0.6 is 0 Å². The first-order valence-corrected chi connectivity index (χ1v) is 9.22. The molecular weight excluding hydrogens is 343 g/mol. The average molecular weight is 364 g/mol. The van der Waals surface area contributed by atoms with Crippen LogP contribution in [0.4, 0.5) is 15.8 Å². The van der Waals surface area contributed by atoms with E-state index < -0.39 is 0 Å². The number of aromatic nitrogens is 1. The third kappa shape index (κ3) is 3.03. The van der Waals surface area contributed by atoms with Crippen molar-refractivity contribution >= 4 is 17.3 Å². The fourth-order valence-corrected chi connectivity index (χ4v) is 4.32. The minimum absolute atomic E-state index is 0.0239. The van der Waals surface area contributed by atoms with E-state index in [1.807, 2.05) is 4.90 Å². The summed E-state index contributed by atoms with van der Waals surface area (Å²) in [7, 11) is 0. The zero-order valence-corrected chi connectivity index (χ0v) is 15.3. The summed E-state index contributed by atoms with van der Waals surface area (Å²) < 4.78 is 14.1. The van der Waals surface area contributed by atoms with Crippen LogP contribution in [-0.2, 0) is 4.79 Å². The number of hydrogen-bond donors (Lipinski definition) is 1. The summed E-state index contributed by atoms with van der Waals surface area (Å²) in [5.41, 5.74) is 2.42. The Hall–Kier alpha value is -2.94. The van der Waals surface area contributed by atoms with Crippen LogP contribution in [0.1, 0.15) is 44.0 Å². The molecule has 4 rings (SSSR count). The molecule has 0 spiro atoms. The Morgan fingerprint density at radius 1 is 1.37 bits per heavy atom. The van der Waals surface area contributed by atoms with Crippen LogP contribution in [0, 0.1) is 29.0 Å². The molecule has 6 heteroatoms. The van der Waals surface area contributed by atoms with Crippen molar-refractivity contribution in [2.24, 2.45) is 11.8 Å². The topological polar surface area (TPSA) is 69.0 Å². The summed E-state index contributed by atoms with van der Waals surface area (Å²) in [6, 6.07) is 10.1. The number of halogens is 1. The lowest BCUT2D eigenvalue weighted by molar-refractivity contribution is -0.117. The molecule has 3 atom stereocenters. The number of rotatable bonds is 3. The summed E-state index contributed by atoms with van der Waals surface area (Å²) in [6.07, 6.45) is 3.77. The summed E-state index contributed by atoms with van der Waals surface area (Å²) in [6.45, 7) is 3.66. The fourth-order valence-electron chi connectivity index (χ4n) is 4.32. The van der Waals surface area contributed by atoms with E-state index in [4.69, 9.17) is 0 Å². The smallest absolute Gasteiger partial charge is 0.224 e. The van der Waals surface area contributed by atoms with Gasteiger partial charge >= 0.3 is 0 Å². The predicted octanol–water partition coefficient (Wildman–Crippen LogP) is 4.03. The predicted molar refractivity (Wildman–Crippen MR) is 101 cm³/mol. The van der Waals surface area contributed by atoms with Gasteiger partial charge in [-0.1, -0.05) is 6.92 Å². The van der Waals surface area contributed by atoms with Crippen LogP contribution in [0.5, 0.6) is 0 Å². The van der Waals surface area contributed by atoms with Crippen molar-refractivity contribution in [1.82, 2.24) is 4.98 Å². The SMILES string of the molecule is CC(=O)N1c2ccc(F)cc2C(Nc2cccnc2C#N)C(C)C1C1CC1. The van der Waals surface area contributed by atoms with E-state index in [0.717, 1.165) is 24.1 Å². The summed E-state index contributed by atoms with van der Waals surface area (Å²) in [5.74, 6) is 0.148. The van der Waals surface area contributed by atoms with Gasteiger partial charge in [-0.05, 0) is 49.1 Å². The lowest BCUT2D eigenvalue weighted by Gasteiger charge is -2.46. The van der Waals surface area contributed by atoms with E-state index in [2.05, 4.69) is 23.3 Å². The second kappa shape index (κ2) is 6.66. The molecule has 2 aromatic rings. The maximum Gasteiger partial charge on any atom is 0.224 e. The zero-order chi connectivity index (χ0) is 19.1. The Kier molecular flexibility index (Phi) is 4.31. The van der Waals surface area contributed by atoms with Crippen molar-refractivity contribution < 1.29 is 9.18 Å². The maximum atomic E-state index is 14.1. The van der Waals surface area contributed by atoms with Gasteiger partial charge in [0.2, 0.25) is 5.91 Å². The molecular formula is C21H21FN4O. The largest absolute Gasteiger partial charge is 0.375 e. The molecule has 0 bridgehead atoms. The highest BCUT2D eigenvalue weighted by Crippen LogP contribution is 2.50. The van der Waals surface area contributed by atoms with Crippen LogP contribution in [0.3, 0.4) is 0 Å². The molecule has 1 N–H and O–H groups in total. The van der Waals surface area contributed by atoms with Gasteiger partial charge in [-0.2, -0.15) is 5.26 Å². The van der Waals surface area contributed by atoms with E-state index in [-0.39, 0.29) is 29.7 Å². The molecule has 27 heavy (non-hydrogen) atoms. The van der Waals surface area contributed by atoms with Crippen molar-refractivity contribution in [1.29, 1.82) is 5.26 Å². The van der Waals surface area contributed by atoms with Crippen molar-refractivity contribution in [3.05, 3.63) is 53.6 Å². The molecule has 1 aliphatic heterocycles. The van der Waals surface area contributed by atoms with Crippen molar-refractivity contribution in [3.8, 4) is 6.07 Å². The van der Waals surface area contributed by atoms with Gasteiger partial charge in [-0.3, -0.25) is 4.79 Å². The first kappa shape index (κ1) is 17.5. The standard InChI is InChI=1S/C21H21FN4O/c1-12-20(25-17-4-3-9-24-18(17)11-23)16-10-15(22)7-8-19(16)26(13(2)27)21(12)14-5-6-14/h3-4,7-10,12,14,20-21,25H,5-6H2,1-2H3. The van der Waals surface area contributed by atoms with Gasteiger partial charge in [0.05, 0.1) is 11.7 Å². The van der Waals surface area contributed by atoms with Gasteiger partial charge in [0.15, 0.2) is 5.69 Å². The molecule has 2 aliphatic rings. The molecule has 1 aromatic carbocycles. The number of carbonyl (C=O) groups is 1. The zero-order valence-electron chi connectivity index (χ0n) is 15.3. The monoisotopic (exact) mass is 364 g/mol. The number of nitriles is 1. The van der Waals surface area contributed by atoms with Gasteiger partial charge in [0.25, 0.3) is 0 Å². The first-order valence-electron chi connectivity index (χ1n) is 9.22. The quantitative estimate of drug-likeness (QED) is 0.893. The molecule has 138 valence electrons. The molecule has 3 unspecified atom stereocenters. The van der Waals surface area contributed by atoms with Gasteiger partial charge < -0.3 is 10.2 Å². The van der Waals surface area contributed by atoms with Crippen LogP contribution in [0.15, 0.2) is 36.5 Å². The lowest BCUT2D eigenvalue weighted by Crippen LogP contribution is -2.51. The second-order valence-corrected chi connectivity index (χ2v) is 7.41. The average Bonchev–Trinajstić information content (AvgIpc) is 3.48. The number of carbonyl (C=O) groups excluding carboxylic acids is 1. The van der Waals surface area contributed by atoms with E-state index >= 15 is 0 Å². The van der Waals surface area contributed by atoms with E-state index in [1.165, 1.54) is 12.1 Å². The summed E-state index contributed by atoms with van der Waals surface area (Å²) in [4.78, 5) is 18.4. The van der Waals surface area contributed by atoms with Crippen molar-refractivity contribution in [3.63, 3.8) is 0 Å². The highest BCUT2D eigenvalue weighted by atomic mass is 19.1. The third-order valence-corrected chi connectivity index (χ3v) is 5.62. The number of amides is 1. The van der Waals surface area contributed by atoms with Gasteiger partial charge in [0, 0.05) is 36.3 Å². The first-order chi connectivity index (χ1) is 13.0. The molecule has 1 amide bonds. The fraction of sp³-hybridized carbons (Fsp3) is 0.381. The molecule has 0 radical (unpaired) electrons. The maximum absolute atomic E-state index is 14.1. The number of pyridine rings is 1. The van der Waals surface area contributed by atoms with Gasteiger partial charge in [-0.25, -0.2) is 9.37 Å². The number of benzene rings is 1. The summed E-state index contributed by atoms with van der Waals surface area (Å²) in [5, 5.41) is 12.8. The Balaban J connectivity index is 1.83. The number of fused-ring (bicyclic) bond motifs is 1. The molecule has 2 heterocycles. The number of nitrogens with one attached hydrogen (secondary N) is 1. The number of nitrogens with zero attached hydrogens (tertiary/aromatic N) is 3. The van der Waals surface area contributed by atoms with Crippen molar-refractivity contribution in [2.45, 2.75) is 38.8 Å². The molecule has 1 aromatic heterocycles. The molecule has 0 saturated heterocycles. The van der Waals surface area contributed by atoms with E-state index in [1.54, 1.807) is 31.3 Å². The normalized spacial score (nSPS) is 24.1. The number of hydrogen-bond acceptors (Lipinski definition) is 4. The van der Waals surface area contributed by atoms with Gasteiger partial charge in [0.1, 0.15) is 11.9 Å². The highest BCUT2D eigenvalue weighted by molar-refractivity contribution is 5.94. The molecule has 1 aliphatic carbocycles. The van der Waals surface area contributed by atoms with Crippen LogP contribution < -0.4 is 10.2 Å². The van der Waals surface area contributed by atoms with E-state index in [9.17, 15) is 14.4 Å². The minimum Gasteiger partial charge on any atom is -0.375 e. The van der Waals surface area contributed by atoms with Crippen LogP contribution in [0.25, 0.3) is 0 Å². The van der Waals surface area contributed by atoms with Gasteiger partial charge in [-0.15, -0.1) is 0 Å².